The molecule has 0 bridgehead atoms. The van der Waals surface area contributed by atoms with E-state index >= 15 is 0 Å². The van der Waals surface area contributed by atoms with E-state index in [0.717, 1.165) is 23.5 Å². The molecule has 0 radical (unpaired) electrons. The molecule has 2 N–H and O–H groups in total. The SMILES string of the molecule is COC(=O)CC1(CSc2ccc(Cl)cc2N)CC1. The molecule has 1 aromatic rings. The maximum Gasteiger partial charge on any atom is 0.306 e. The maximum absolute atomic E-state index is 11.3. The Balaban J connectivity index is 1.93. The molecule has 1 saturated carbocycles. The number of ether oxygens (including phenoxy) is 1. The summed E-state index contributed by atoms with van der Waals surface area (Å²) >= 11 is 7.54. The number of hydrogen-bond acceptors (Lipinski definition) is 4. The molecular weight excluding hydrogens is 270 g/mol. The summed E-state index contributed by atoms with van der Waals surface area (Å²) in [5.74, 6) is 0.769. The van der Waals surface area contributed by atoms with Crippen LogP contribution in [0.15, 0.2) is 23.1 Å². The van der Waals surface area contributed by atoms with Crippen LogP contribution in [0.5, 0.6) is 0 Å². The van der Waals surface area contributed by atoms with Gasteiger partial charge < -0.3 is 10.5 Å². The van der Waals surface area contributed by atoms with Gasteiger partial charge in [-0.25, -0.2) is 0 Å². The Hall–Kier alpha value is -0.870. The first kappa shape index (κ1) is 13.6. The second-order valence-electron chi connectivity index (χ2n) is 4.72. The van der Waals surface area contributed by atoms with Crippen molar-refractivity contribution in [3.63, 3.8) is 0 Å². The second-order valence-corrected chi connectivity index (χ2v) is 6.18. The van der Waals surface area contributed by atoms with Crippen LogP contribution in [0, 0.1) is 5.41 Å². The highest BCUT2D eigenvalue weighted by Gasteiger charge is 2.44. The van der Waals surface area contributed by atoms with E-state index in [9.17, 15) is 4.79 Å². The number of anilines is 1. The number of carbonyl (C=O) groups excluding carboxylic acids is 1. The number of thioether (sulfide) groups is 1. The van der Waals surface area contributed by atoms with E-state index in [-0.39, 0.29) is 11.4 Å². The third kappa shape index (κ3) is 3.33. The van der Waals surface area contributed by atoms with Crippen LogP contribution < -0.4 is 5.73 Å². The molecule has 1 aliphatic rings. The average Bonchev–Trinajstić information content (AvgIpc) is 3.08. The van der Waals surface area contributed by atoms with Crippen molar-refractivity contribution < 1.29 is 9.53 Å². The smallest absolute Gasteiger partial charge is 0.306 e. The Bertz CT molecular complexity index is 460. The van der Waals surface area contributed by atoms with Crippen molar-refractivity contribution in [2.24, 2.45) is 5.41 Å². The predicted octanol–water partition coefficient (Wildman–Crippen LogP) is 3.36. The predicted molar refractivity (Wildman–Crippen MR) is 74.9 cm³/mol. The maximum atomic E-state index is 11.3. The number of carbonyl (C=O) groups is 1. The topological polar surface area (TPSA) is 52.3 Å². The molecule has 0 heterocycles. The van der Waals surface area contributed by atoms with Crippen molar-refractivity contribution in [1.29, 1.82) is 0 Å². The van der Waals surface area contributed by atoms with Gasteiger partial charge >= 0.3 is 5.97 Å². The molecule has 1 aliphatic carbocycles. The zero-order chi connectivity index (χ0) is 13.2. The number of halogens is 1. The number of esters is 1. The van der Waals surface area contributed by atoms with Gasteiger partial charge in [-0.15, -0.1) is 11.8 Å². The number of rotatable bonds is 5. The molecular formula is C13H16ClNO2S. The molecule has 5 heteroatoms. The van der Waals surface area contributed by atoms with E-state index in [0.29, 0.717) is 17.1 Å². The van der Waals surface area contributed by atoms with Crippen molar-refractivity contribution in [2.75, 3.05) is 18.6 Å². The van der Waals surface area contributed by atoms with Gasteiger partial charge in [0.25, 0.3) is 0 Å². The van der Waals surface area contributed by atoms with Gasteiger partial charge in [0.15, 0.2) is 0 Å². The molecule has 0 saturated heterocycles. The summed E-state index contributed by atoms with van der Waals surface area (Å²) < 4.78 is 4.73. The molecule has 0 amide bonds. The molecule has 0 atom stereocenters. The first-order valence-corrected chi connectivity index (χ1v) is 7.16. The van der Waals surface area contributed by atoms with Gasteiger partial charge in [0.1, 0.15) is 0 Å². The number of methoxy groups -OCH3 is 1. The normalized spacial score (nSPS) is 16.3. The van der Waals surface area contributed by atoms with Crippen molar-refractivity contribution >= 4 is 35.0 Å². The highest BCUT2D eigenvalue weighted by molar-refractivity contribution is 7.99. The molecule has 0 aromatic heterocycles. The van der Waals surface area contributed by atoms with Crippen molar-refractivity contribution in [1.82, 2.24) is 0 Å². The van der Waals surface area contributed by atoms with Crippen LogP contribution in [0.3, 0.4) is 0 Å². The molecule has 1 fully saturated rings. The lowest BCUT2D eigenvalue weighted by Crippen LogP contribution is -2.13. The zero-order valence-corrected chi connectivity index (χ0v) is 11.8. The summed E-state index contributed by atoms with van der Waals surface area (Å²) in [5, 5.41) is 0.646. The minimum atomic E-state index is -0.128. The van der Waals surface area contributed by atoms with Crippen LogP contribution in [0.4, 0.5) is 5.69 Å². The fourth-order valence-corrected chi connectivity index (χ4v) is 3.23. The lowest BCUT2D eigenvalue weighted by Gasteiger charge is -2.14. The largest absolute Gasteiger partial charge is 0.469 e. The van der Waals surface area contributed by atoms with Crippen molar-refractivity contribution in [3.8, 4) is 0 Å². The van der Waals surface area contributed by atoms with Crippen LogP contribution in [0.2, 0.25) is 5.02 Å². The Morgan fingerprint density at radius 1 is 1.56 bits per heavy atom. The second kappa shape index (κ2) is 5.41. The third-order valence-corrected chi connectivity index (χ3v) is 4.88. The van der Waals surface area contributed by atoms with Gasteiger partial charge in [0.2, 0.25) is 0 Å². The van der Waals surface area contributed by atoms with Crippen molar-refractivity contribution in [3.05, 3.63) is 23.2 Å². The van der Waals surface area contributed by atoms with Crippen LogP contribution in [0.25, 0.3) is 0 Å². The molecule has 0 spiro atoms. The highest BCUT2D eigenvalue weighted by atomic mass is 35.5. The van der Waals surface area contributed by atoms with Gasteiger partial charge in [-0.1, -0.05) is 11.6 Å². The minimum Gasteiger partial charge on any atom is -0.469 e. The van der Waals surface area contributed by atoms with Gasteiger partial charge in [-0.3, -0.25) is 4.79 Å². The summed E-state index contributed by atoms with van der Waals surface area (Å²) in [6, 6.07) is 5.51. The highest BCUT2D eigenvalue weighted by Crippen LogP contribution is 2.52. The summed E-state index contributed by atoms with van der Waals surface area (Å²) in [7, 11) is 1.43. The van der Waals surface area contributed by atoms with E-state index in [1.54, 1.807) is 17.8 Å². The summed E-state index contributed by atoms with van der Waals surface area (Å²) in [6.07, 6.45) is 2.68. The number of nitrogen functional groups attached to an aromatic ring is 1. The Morgan fingerprint density at radius 3 is 2.83 bits per heavy atom. The van der Waals surface area contributed by atoms with Crippen LogP contribution in [0.1, 0.15) is 19.3 Å². The van der Waals surface area contributed by atoms with E-state index in [1.165, 1.54) is 7.11 Å². The number of hydrogen-bond donors (Lipinski definition) is 1. The molecule has 18 heavy (non-hydrogen) atoms. The number of nitrogens with two attached hydrogens (primary N) is 1. The molecule has 2 rings (SSSR count). The van der Waals surface area contributed by atoms with Gasteiger partial charge in [-0.2, -0.15) is 0 Å². The third-order valence-electron chi connectivity index (χ3n) is 3.21. The van der Waals surface area contributed by atoms with E-state index in [1.807, 2.05) is 12.1 Å². The summed E-state index contributed by atoms with van der Waals surface area (Å²) in [5.41, 5.74) is 6.71. The van der Waals surface area contributed by atoms with E-state index < -0.39 is 0 Å². The summed E-state index contributed by atoms with van der Waals surface area (Å²) in [6.45, 7) is 0. The fraction of sp³-hybridized carbons (Fsp3) is 0.462. The van der Waals surface area contributed by atoms with Crippen LogP contribution >= 0.6 is 23.4 Å². The number of benzene rings is 1. The monoisotopic (exact) mass is 285 g/mol. The molecule has 0 aliphatic heterocycles. The lowest BCUT2D eigenvalue weighted by atomic mass is 10.1. The Labute approximate surface area is 116 Å². The molecule has 1 aromatic carbocycles. The van der Waals surface area contributed by atoms with Crippen LogP contribution in [-0.4, -0.2) is 18.8 Å². The molecule has 0 unspecified atom stereocenters. The van der Waals surface area contributed by atoms with Crippen molar-refractivity contribution in [2.45, 2.75) is 24.2 Å². The fourth-order valence-electron chi connectivity index (χ4n) is 1.81. The average molecular weight is 286 g/mol. The molecule has 3 nitrogen and oxygen atoms in total. The summed E-state index contributed by atoms with van der Waals surface area (Å²) in [4.78, 5) is 12.3. The Morgan fingerprint density at radius 2 is 2.28 bits per heavy atom. The molecule has 98 valence electrons. The first-order chi connectivity index (χ1) is 8.54. The zero-order valence-electron chi connectivity index (χ0n) is 10.2. The van der Waals surface area contributed by atoms with E-state index in [2.05, 4.69) is 0 Å². The minimum absolute atomic E-state index is 0.115. The van der Waals surface area contributed by atoms with Crippen LogP contribution in [-0.2, 0) is 9.53 Å². The van der Waals surface area contributed by atoms with Gasteiger partial charge in [0.05, 0.1) is 13.5 Å². The quantitative estimate of drug-likeness (QED) is 0.512. The van der Waals surface area contributed by atoms with E-state index in [4.69, 9.17) is 22.1 Å². The lowest BCUT2D eigenvalue weighted by molar-refractivity contribution is -0.141. The first-order valence-electron chi connectivity index (χ1n) is 5.79. The Kier molecular flexibility index (Phi) is 4.07. The standard InChI is InChI=1S/C13H16ClNO2S/c1-17-12(16)7-13(4-5-13)8-18-11-3-2-9(14)6-10(11)15/h2-3,6H,4-5,7-8,15H2,1H3. The van der Waals surface area contributed by atoms with Gasteiger partial charge in [-0.05, 0) is 36.5 Å². The van der Waals surface area contributed by atoms with Gasteiger partial charge in [0, 0.05) is 21.4 Å².